The lowest BCUT2D eigenvalue weighted by Crippen LogP contribution is -2.45. The van der Waals surface area contributed by atoms with Gasteiger partial charge in [-0.3, -0.25) is 9.69 Å². The Morgan fingerprint density at radius 1 is 1.37 bits per heavy atom. The number of ether oxygens (including phenoxy) is 1. The maximum Gasteiger partial charge on any atom is 0.234 e. The number of nitrogens with two attached hydrogens (primary N) is 1. The van der Waals surface area contributed by atoms with Gasteiger partial charge in [0.1, 0.15) is 0 Å². The normalized spacial score (nSPS) is 17.9. The van der Waals surface area contributed by atoms with E-state index in [0.29, 0.717) is 32.3 Å². The third-order valence-corrected chi connectivity index (χ3v) is 3.25. The topological polar surface area (TPSA) is 70.8 Å². The van der Waals surface area contributed by atoms with E-state index in [9.17, 15) is 4.79 Å². The SMILES string of the molecule is CN(C)CCOCCNC(=O)CN1CCC(N)CC1. The van der Waals surface area contributed by atoms with Gasteiger partial charge >= 0.3 is 0 Å². The monoisotopic (exact) mass is 272 g/mol. The Morgan fingerprint density at radius 2 is 2.05 bits per heavy atom. The number of amides is 1. The van der Waals surface area contributed by atoms with Gasteiger partial charge in [-0.05, 0) is 26.9 Å². The summed E-state index contributed by atoms with van der Waals surface area (Å²) in [4.78, 5) is 15.9. The molecule has 0 saturated carbocycles. The lowest BCUT2D eigenvalue weighted by molar-refractivity contribution is -0.122. The molecule has 1 rings (SSSR count). The van der Waals surface area contributed by atoms with Crippen molar-refractivity contribution < 1.29 is 9.53 Å². The number of likely N-dealkylation sites (N-methyl/N-ethyl adjacent to an activating group) is 1. The average Bonchev–Trinajstić information content (AvgIpc) is 2.36. The molecule has 0 aromatic carbocycles. The largest absolute Gasteiger partial charge is 0.378 e. The molecule has 0 unspecified atom stereocenters. The number of hydrogen-bond acceptors (Lipinski definition) is 5. The second-order valence-corrected chi connectivity index (χ2v) is 5.38. The number of nitrogens with zero attached hydrogens (tertiary/aromatic N) is 2. The minimum Gasteiger partial charge on any atom is -0.378 e. The first-order valence-corrected chi connectivity index (χ1v) is 7.05. The Labute approximate surface area is 116 Å². The molecule has 6 heteroatoms. The number of piperidine rings is 1. The molecule has 0 spiro atoms. The summed E-state index contributed by atoms with van der Waals surface area (Å²) in [5.74, 6) is 0.0756. The molecule has 1 aliphatic heterocycles. The van der Waals surface area contributed by atoms with Crippen molar-refractivity contribution in [2.75, 3.05) is 60.0 Å². The van der Waals surface area contributed by atoms with E-state index in [4.69, 9.17) is 10.5 Å². The fourth-order valence-corrected chi connectivity index (χ4v) is 1.98. The second kappa shape index (κ2) is 9.25. The van der Waals surface area contributed by atoms with Crippen LogP contribution in [0.1, 0.15) is 12.8 Å². The summed E-state index contributed by atoms with van der Waals surface area (Å²) in [6, 6.07) is 0.310. The van der Waals surface area contributed by atoms with E-state index in [0.717, 1.165) is 32.5 Å². The van der Waals surface area contributed by atoms with Crippen molar-refractivity contribution in [3.8, 4) is 0 Å². The highest BCUT2D eigenvalue weighted by atomic mass is 16.5. The summed E-state index contributed by atoms with van der Waals surface area (Å²) >= 11 is 0. The third kappa shape index (κ3) is 8.15. The van der Waals surface area contributed by atoms with Gasteiger partial charge in [0.05, 0.1) is 19.8 Å². The highest BCUT2D eigenvalue weighted by Gasteiger charge is 2.17. The van der Waals surface area contributed by atoms with Crippen molar-refractivity contribution in [1.29, 1.82) is 0 Å². The number of carbonyl (C=O) groups excluding carboxylic acids is 1. The number of hydrogen-bond donors (Lipinski definition) is 2. The van der Waals surface area contributed by atoms with E-state index in [-0.39, 0.29) is 5.91 Å². The zero-order chi connectivity index (χ0) is 14.1. The standard InChI is InChI=1S/C13H28N4O2/c1-16(2)8-10-19-9-5-15-13(18)11-17-6-3-12(14)4-7-17/h12H,3-11,14H2,1-2H3,(H,15,18). The smallest absolute Gasteiger partial charge is 0.234 e. The number of nitrogens with one attached hydrogen (secondary N) is 1. The summed E-state index contributed by atoms with van der Waals surface area (Å²) in [5.41, 5.74) is 5.83. The molecule has 1 fully saturated rings. The van der Waals surface area contributed by atoms with Gasteiger partial charge in [0.15, 0.2) is 0 Å². The molecule has 3 N–H and O–H groups in total. The maximum atomic E-state index is 11.7. The molecule has 0 bridgehead atoms. The molecule has 6 nitrogen and oxygen atoms in total. The fraction of sp³-hybridized carbons (Fsp3) is 0.923. The van der Waals surface area contributed by atoms with Crippen LogP contribution < -0.4 is 11.1 Å². The van der Waals surface area contributed by atoms with Gasteiger partial charge in [-0.2, -0.15) is 0 Å². The van der Waals surface area contributed by atoms with Gasteiger partial charge in [0.2, 0.25) is 5.91 Å². The Balaban J connectivity index is 1.96. The maximum absolute atomic E-state index is 11.7. The molecule has 0 aliphatic carbocycles. The quantitative estimate of drug-likeness (QED) is 0.561. The minimum atomic E-state index is 0.0756. The predicted octanol–water partition coefficient (Wildman–Crippen LogP) is -0.896. The van der Waals surface area contributed by atoms with Gasteiger partial charge in [0, 0.05) is 32.2 Å². The molecular weight excluding hydrogens is 244 g/mol. The highest BCUT2D eigenvalue weighted by Crippen LogP contribution is 2.06. The zero-order valence-corrected chi connectivity index (χ0v) is 12.2. The summed E-state index contributed by atoms with van der Waals surface area (Å²) in [6.45, 7) is 5.09. The van der Waals surface area contributed by atoms with Gasteiger partial charge in [0.25, 0.3) is 0 Å². The molecule has 1 heterocycles. The molecular formula is C13H28N4O2. The van der Waals surface area contributed by atoms with E-state index in [1.165, 1.54) is 0 Å². The van der Waals surface area contributed by atoms with Gasteiger partial charge in [-0.25, -0.2) is 0 Å². The van der Waals surface area contributed by atoms with Crippen LogP contribution in [0.25, 0.3) is 0 Å². The van der Waals surface area contributed by atoms with Crippen molar-refractivity contribution in [2.45, 2.75) is 18.9 Å². The minimum absolute atomic E-state index is 0.0756. The van der Waals surface area contributed by atoms with Crippen LogP contribution in [0.4, 0.5) is 0 Å². The van der Waals surface area contributed by atoms with Gasteiger partial charge < -0.3 is 20.7 Å². The first-order chi connectivity index (χ1) is 9.08. The molecule has 0 atom stereocenters. The number of carbonyl (C=O) groups is 1. The van der Waals surface area contributed by atoms with E-state index in [1.54, 1.807) is 0 Å². The Morgan fingerprint density at radius 3 is 2.68 bits per heavy atom. The lowest BCUT2D eigenvalue weighted by Gasteiger charge is -2.29. The first kappa shape index (κ1) is 16.4. The third-order valence-electron chi connectivity index (χ3n) is 3.25. The predicted molar refractivity (Wildman–Crippen MR) is 76.0 cm³/mol. The molecule has 19 heavy (non-hydrogen) atoms. The van der Waals surface area contributed by atoms with E-state index in [1.807, 2.05) is 14.1 Å². The van der Waals surface area contributed by atoms with Crippen molar-refractivity contribution in [1.82, 2.24) is 15.1 Å². The van der Waals surface area contributed by atoms with Crippen LogP contribution in [-0.2, 0) is 9.53 Å². The Kier molecular flexibility index (Phi) is 7.97. The Bertz CT molecular complexity index is 253. The fourth-order valence-electron chi connectivity index (χ4n) is 1.98. The van der Waals surface area contributed by atoms with E-state index >= 15 is 0 Å². The summed E-state index contributed by atoms with van der Waals surface area (Å²) in [5, 5.41) is 2.88. The van der Waals surface area contributed by atoms with Gasteiger partial charge in [-0.15, -0.1) is 0 Å². The molecule has 0 aromatic rings. The van der Waals surface area contributed by atoms with Crippen LogP contribution in [0.15, 0.2) is 0 Å². The van der Waals surface area contributed by atoms with E-state index in [2.05, 4.69) is 15.1 Å². The van der Waals surface area contributed by atoms with Crippen LogP contribution in [0.3, 0.4) is 0 Å². The van der Waals surface area contributed by atoms with Crippen LogP contribution in [0.5, 0.6) is 0 Å². The van der Waals surface area contributed by atoms with Crippen LogP contribution in [-0.4, -0.2) is 81.8 Å². The van der Waals surface area contributed by atoms with Crippen molar-refractivity contribution in [2.24, 2.45) is 5.73 Å². The molecule has 0 aromatic heterocycles. The van der Waals surface area contributed by atoms with Gasteiger partial charge in [-0.1, -0.05) is 0 Å². The number of rotatable bonds is 8. The second-order valence-electron chi connectivity index (χ2n) is 5.38. The van der Waals surface area contributed by atoms with Crippen LogP contribution >= 0.6 is 0 Å². The lowest BCUT2D eigenvalue weighted by atomic mass is 10.1. The highest BCUT2D eigenvalue weighted by molar-refractivity contribution is 5.77. The van der Waals surface area contributed by atoms with Crippen molar-refractivity contribution in [3.05, 3.63) is 0 Å². The summed E-state index contributed by atoms with van der Waals surface area (Å²) in [6.07, 6.45) is 1.97. The van der Waals surface area contributed by atoms with Crippen LogP contribution in [0, 0.1) is 0 Å². The molecule has 112 valence electrons. The molecule has 1 saturated heterocycles. The average molecular weight is 272 g/mol. The summed E-state index contributed by atoms with van der Waals surface area (Å²) < 4.78 is 5.41. The molecule has 1 amide bonds. The Hall–Kier alpha value is -0.690. The van der Waals surface area contributed by atoms with E-state index < -0.39 is 0 Å². The van der Waals surface area contributed by atoms with Crippen molar-refractivity contribution >= 4 is 5.91 Å². The first-order valence-electron chi connectivity index (χ1n) is 7.05. The van der Waals surface area contributed by atoms with Crippen molar-refractivity contribution in [3.63, 3.8) is 0 Å². The van der Waals surface area contributed by atoms with Crippen LogP contribution in [0.2, 0.25) is 0 Å². The summed E-state index contributed by atoms with van der Waals surface area (Å²) in [7, 11) is 4.02. The zero-order valence-electron chi connectivity index (χ0n) is 12.2. The molecule has 1 aliphatic rings. The molecule has 0 radical (unpaired) electrons. The number of likely N-dealkylation sites (tertiary alicyclic amines) is 1.